The van der Waals surface area contributed by atoms with Crippen molar-refractivity contribution in [3.63, 3.8) is 0 Å². The van der Waals surface area contributed by atoms with Crippen LogP contribution in [0.15, 0.2) is 0 Å². The molecule has 1 saturated heterocycles. The smallest absolute Gasteiger partial charge is 0.0618 e. The molecule has 0 radical (unpaired) electrons. The Labute approximate surface area is 82.3 Å². The average molecular weight is 185 g/mol. The van der Waals surface area contributed by atoms with Crippen LogP contribution in [0.4, 0.5) is 0 Å². The van der Waals surface area contributed by atoms with E-state index in [9.17, 15) is 0 Å². The van der Waals surface area contributed by atoms with Crippen molar-refractivity contribution in [1.29, 1.82) is 0 Å². The van der Waals surface area contributed by atoms with E-state index < -0.39 is 0 Å². The zero-order valence-corrected chi connectivity index (χ0v) is 9.47. The maximum atomic E-state index is 5.23. The molecule has 0 aromatic heterocycles. The summed E-state index contributed by atoms with van der Waals surface area (Å²) in [4.78, 5) is 2.57. The summed E-state index contributed by atoms with van der Waals surface area (Å²) in [6.07, 6.45) is 2.65. The molecule has 1 heterocycles. The summed E-state index contributed by atoms with van der Waals surface area (Å²) >= 11 is 0. The van der Waals surface area contributed by atoms with Gasteiger partial charge in [0, 0.05) is 19.7 Å². The molecule has 0 saturated carbocycles. The highest BCUT2D eigenvalue weighted by Crippen LogP contribution is 2.23. The van der Waals surface area contributed by atoms with Gasteiger partial charge in [-0.15, -0.1) is 0 Å². The fourth-order valence-corrected chi connectivity index (χ4v) is 2.09. The molecule has 1 atom stereocenters. The van der Waals surface area contributed by atoms with Crippen molar-refractivity contribution in [3.8, 4) is 0 Å². The summed E-state index contributed by atoms with van der Waals surface area (Å²) in [7, 11) is 1.80. The second-order valence-corrected chi connectivity index (χ2v) is 5.28. The molecular weight excluding hydrogens is 162 g/mol. The predicted molar refractivity (Wildman–Crippen MR) is 55.9 cm³/mol. The van der Waals surface area contributed by atoms with Gasteiger partial charge < -0.3 is 4.74 Å². The molecule has 0 aliphatic carbocycles. The van der Waals surface area contributed by atoms with Crippen LogP contribution in [0.5, 0.6) is 0 Å². The fraction of sp³-hybridized carbons (Fsp3) is 1.00. The largest absolute Gasteiger partial charge is 0.383 e. The van der Waals surface area contributed by atoms with Crippen LogP contribution in [-0.2, 0) is 4.74 Å². The van der Waals surface area contributed by atoms with Crippen LogP contribution in [0.2, 0.25) is 0 Å². The van der Waals surface area contributed by atoms with Crippen LogP contribution in [0.25, 0.3) is 0 Å². The van der Waals surface area contributed by atoms with Crippen molar-refractivity contribution in [2.24, 2.45) is 5.41 Å². The summed E-state index contributed by atoms with van der Waals surface area (Å²) in [5.41, 5.74) is 0.413. The maximum Gasteiger partial charge on any atom is 0.0618 e. The molecule has 1 aliphatic rings. The third kappa shape index (κ3) is 3.65. The van der Waals surface area contributed by atoms with Gasteiger partial charge in [-0.2, -0.15) is 0 Å². The SMILES string of the molecule is COCC1CCCN1CC(C)(C)C. The maximum absolute atomic E-state index is 5.23. The molecule has 0 aromatic carbocycles. The predicted octanol–water partition coefficient (Wildman–Crippen LogP) is 2.14. The Hall–Kier alpha value is -0.0800. The number of ether oxygens (including phenoxy) is 1. The van der Waals surface area contributed by atoms with Crippen LogP contribution in [0, 0.1) is 5.41 Å². The highest BCUT2D eigenvalue weighted by atomic mass is 16.5. The third-order valence-electron chi connectivity index (χ3n) is 2.54. The van der Waals surface area contributed by atoms with Gasteiger partial charge in [0.2, 0.25) is 0 Å². The Morgan fingerprint density at radius 3 is 2.62 bits per heavy atom. The molecule has 0 aromatic rings. The van der Waals surface area contributed by atoms with E-state index in [1.165, 1.54) is 25.9 Å². The lowest BCUT2D eigenvalue weighted by Gasteiger charge is -2.30. The fourth-order valence-electron chi connectivity index (χ4n) is 2.09. The highest BCUT2D eigenvalue weighted by Gasteiger charge is 2.27. The van der Waals surface area contributed by atoms with Gasteiger partial charge in [0.25, 0.3) is 0 Å². The molecule has 78 valence electrons. The number of likely N-dealkylation sites (tertiary alicyclic amines) is 1. The van der Waals surface area contributed by atoms with E-state index in [1.807, 2.05) is 0 Å². The minimum atomic E-state index is 0.413. The molecule has 1 aliphatic heterocycles. The second-order valence-electron chi connectivity index (χ2n) is 5.28. The van der Waals surface area contributed by atoms with Gasteiger partial charge in [0.15, 0.2) is 0 Å². The monoisotopic (exact) mass is 185 g/mol. The Balaban J connectivity index is 2.39. The van der Waals surface area contributed by atoms with Gasteiger partial charge in [-0.05, 0) is 24.8 Å². The van der Waals surface area contributed by atoms with Crippen LogP contribution in [0.1, 0.15) is 33.6 Å². The minimum Gasteiger partial charge on any atom is -0.383 e. The first-order valence-corrected chi connectivity index (χ1v) is 5.26. The first-order chi connectivity index (χ1) is 6.03. The zero-order valence-electron chi connectivity index (χ0n) is 9.47. The van der Waals surface area contributed by atoms with E-state index in [0.29, 0.717) is 11.5 Å². The van der Waals surface area contributed by atoms with E-state index in [1.54, 1.807) is 7.11 Å². The Morgan fingerprint density at radius 1 is 1.38 bits per heavy atom. The molecule has 0 N–H and O–H groups in total. The molecule has 2 heteroatoms. The summed E-state index contributed by atoms with van der Waals surface area (Å²) in [5, 5.41) is 0. The lowest BCUT2D eigenvalue weighted by molar-refractivity contribution is 0.0943. The Morgan fingerprint density at radius 2 is 2.08 bits per heavy atom. The molecule has 13 heavy (non-hydrogen) atoms. The lowest BCUT2D eigenvalue weighted by atomic mass is 9.96. The van der Waals surface area contributed by atoms with E-state index in [4.69, 9.17) is 4.74 Å². The zero-order chi connectivity index (χ0) is 9.90. The third-order valence-corrected chi connectivity index (χ3v) is 2.54. The van der Waals surface area contributed by atoms with Gasteiger partial charge in [-0.3, -0.25) is 4.90 Å². The lowest BCUT2D eigenvalue weighted by Crippen LogP contribution is -2.38. The van der Waals surface area contributed by atoms with Crippen LogP contribution < -0.4 is 0 Å². The summed E-state index contributed by atoms with van der Waals surface area (Å²) < 4.78 is 5.23. The number of methoxy groups -OCH3 is 1. The normalized spacial score (nSPS) is 25.4. The molecule has 0 spiro atoms. The molecule has 0 bridgehead atoms. The molecular formula is C11H23NO. The minimum absolute atomic E-state index is 0.413. The van der Waals surface area contributed by atoms with Gasteiger partial charge in [0.05, 0.1) is 6.61 Å². The molecule has 1 unspecified atom stereocenters. The summed E-state index contributed by atoms with van der Waals surface area (Å²) in [6, 6.07) is 0.671. The molecule has 2 nitrogen and oxygen atoms in total. The van der Waals surface area contributed by atoms with Crippen LogP contribution >= 0.6 is 0 Å². The first-order valence-electron chi connectivity index (χ1n) is 5.26. The Kier molecular flexibility index (Phi) is 3.74. The van der Waals surface area contributed by atoms with E-state index in [0.717, 1.165) is 6.61 Å². The highest BCUT2D eigenvalue weighted by molar-refractivity contribution is 4.82. The van der Waals surface area contributed by atoms with E-state index >= 15 is 0 Å². The van der Waals surface area contributed by atoms with Crippen LogP contribution in [-0.4, -0.2) is 37.7 Å². The van der Waals surface area contributed by atoms with Crippen molar-refractivity contribution in [3.05, 3.63) is 0 Å². The molecule has 1 rings (SSSR count). The quantitative estimate of drug-likeness (QED) is 0.668. The summed E-state index contributed by atoms with van der Waals surface area (Å²) in [6.45, 7) is 10.3. The van der Waals surface area contributed by atoms with Gasteiger partial charge >= 0.3 is 0 Å². The number of nitrogens with zero attached hydrogens (tertiary/aromatic N) is 1. The first kappa shape index (κ1) is 11.0. The standard InChI is InChI=1S/C11H23NO/c1-11(2,3)9-12-7-5-6-10(12)8-13-4/h10H,5-9H2,1-4H3. The van der Waals surface area contributed by atoms with Gasteiger partial charge in [-0.25, -0.2) is 0 Å². The van der Waals surface area contributed by atoms with Crippen molar-refractivity contribution in [2.45, 2.75) is 39.7 Å². The van der Waals surface area contributed by atoms with Crippen molar-refractivity contribution >= 4 is 0 Å². The molecule has 1 fully saturated rings. The molecule has 0 amide bonds. The second kappa shape index (κ2) is 4.43. The van der Waals surface area contributed by atoms with E-state index in [-0.39, 0.29) is 0 Å². The number of hydrogen-bond acceptors (Lipinski definition) is 2. The average Bonchev–Trinajstić information content (AvgIpc) is 2.34. The topological polar surface area (TPSA) is 12.5 Å². The summed E-state index contributed by atoms with van der Waals surface area (Å²) in [5.74, 6) is 0. The number of rotatable bonds is 3. The van der Waals surface area contributed by atoms with Crippen molar-refractivity contribution in [1.82, 2.24) is 4.90 Å². The van der Waals surface area contributed by atoms with Crippen molar-refractivity contribution < 1.29 is 4.74 Å². The number of hydrogen-bond donors (Lipinski definition) is 0. The van der Waals surface area contributed by atoms with Gasteiger partial charge in [0.1, 0.15) is 0 Å². The van der Waals surface area contributed by atoms with Crippen LogP contribution in [0.3, 0.4) is 0 Å². The van der Waals surface area contributed by atoms with Gasteiger partial charge in [-0.1, -0.05) is 20.8 Å². The van der Waals surface area contributed by atoms with Crippen molar-refractivity contribution in [2.75, 3.05) is 26.8 Å². The Bertz CT molecular complexity index is 151. The van der Waals surface area contributed by atoms with E-state index in [2.05, 4.69) is 25.7 Å².